The SMILES string of the molecule is Cl.NCC1(CC(=O)NCc2ccccc2Cl)CCCCC1. The summed E-state index contributed by atoms with van der Waals surface area (Å²) in [7, 11) is 0. The Kier molecular flexibility index (Phi) is 7.50. The average Bonchev–Trinajstić information content (AvgIpc) is 2.47. The molecule has 5 heteroatoms. The molecule has 0 spiro atoms. The van der Waals surface area contributed by atoms with Crippen LogP contribution in [0.3, 0.4) is 0 Å². The van der Waals surface area contributed by atoms with E-state index in [0.29, 0.717) is 24.5 Å². The summed E-state index contributed by atoms with van der Waals surface area (Å²) in [4.78, 5) is 12.2. The van der Waals surface area contributed by atoms with Crippen molar-refractivity contribution in [3.05, 3.63) is 34.9 Å². The Morgan fingerprint density at radius 3 is 2.52 bits per heavy atom. The van der Waals surface area contributed by atoms with Crippen LogP contribution in [-0.2, 0) is 11.3 Å². The molecule has 1 aromatic carbocycles. The van der Waals surface area contributed by atoms with E-state index >= 15 is 0 Å². The minimum absolute atomic E-state index is 0. The van der Waals surface area contributed by atoms with Gasteiger partial charge >= 0.3 is 0 Å². The minimum atomic E-state index is 0. The van der Waals surface area contributed by atoms with Crippen LogP contribution in [0.2, 0.25) is 5.02 Å². The van der Waals surface area contributed by atoms with E-state index in [4.69, 9.17) is 17.3 Å². The van der Waals surface area contributed by atoms with Crippen LogP contribution in [0.25, 0.3) is 0 Å². The molecule has 21 heavy (non-hydrogen) atoms. The lowest BCUT2D eigenvalue weighted by Gasteiger charge is -2.35. The smallest absolute Gasteiger partial charge is 0.220 e. The van der Waals surface area contributed by atoms with Crippen molar-refractivity contribution in [3.63, 3.8) is 0 Å². The lowest BCUT2D eigenvalue weighted by Crippen LogP contribution is -2.38. The second-order valence-corrected chi connectivity index (χ2v) is 6.22. The molecule has 1 amide bonds. The van der Waals surface area contributed by atoms with Crippen molar-refractivity contribution in [1.29, 1.82) is 0 Å². The summed E-state index contributed by atoms with van der Waals surface area (Å²) < 4.78 is 0. The Hall–Kier alpha value is -0.770. The molecule has 3 N–H and O–H groups in total. The van der Waals surface area contributed by atoms with Gasteiger partial charge < -0.3 is 11.1 Å². The van der Waals surface area contributed by atoms with Crippen molar-refractivity contribution in [2.45, 2.75) is 45.1 Å². The molecular weight excluding hydrogens is 307 g/mol. The normalized spacial score (nSPS) is 16.9. The number of carbonyl (C=O) groups is 1. The van der Waals surface area contributed by atoms with Gasteiger partial charge in [-0.2, -0.15) is 0 Å². The number of hydrogen-bond acceptors (Lipinski definition) is 2. The molecule has 1 fully saturated rings. The lowest BCUT2D eigenvalue weighted by molar-refractivity contribution is -0.124. The summed E-state index contributed by atoms with van der Waals surface area (Å²) in [5, 5.41) is 3.66. The molecule has 0 bridgehead atoms. The Labute approximate surface area is 138 Å². The molecule has 0 aromatic heterocycles. The minimum Gasteiger partial charge on any atom is -0.352 e. The highest BCUT2D eigenvalue weighted by molar-refractivity contribution is 6.31. The van der Waals surface area contributed by atoms with Crippen LogP contribution in [0.4, 0.5) is 0 Å². The number of nitrogens with two attached hydrogens (primary N) is 1. The molecule has 0 saturated heterocycles. The molecule has 0 heterocycles. The number of benzene rings is 1. The first-order valence-corrected chi connectivity index (χ1v) is 7.73. The molecular formula is C16H24Cl2N2O. The third-order valence-electron chi connectivity index (χ3n) is 4.32. The lowest BCUT2D eigenvalue weighted by atomic mass is 9.71. The molecule has 1 saturated carbocycles. The molecule has 0 atom stereocenters. The zero-order valence-electron chi connectivity index (χ0n) is 12.2. The van der Waals surface area contributed by atoms with Crippen molar-refractivity contribution >= 4 is 29.9 Å². The number of carbonyl (C=O) groups excluding carboxylic acids is 1. The molecule has 0 unspecified atom stereocenters. The van der Waals surface area contributed by atoms with E-state index in [2.05, 4.69) is 5.32 Å². The maximum atomic E-state index is 12.2. The molecule has 3 nitrogen and oxygen atoms in total. The number of amides is 1. The Morgan fingerprint density at radius 2 is 1.90 bits per heavy atom. The molecule has 2 rings (SSSR count). The summed E-state index contributed by atoms with van der Waals surface area (Å²) >= 11 is 6.08. The summed E-state index contributed by atoms with van der Waals surface area (Å²) in [6, 6.07) is 7.59. The van der Waals surface area contributed by atoms with Crippen LogP contribution in [0.5, 0.6) is 0 Å². The van der Waals surface area contributed by atoms with Crippen molar-refractivity contribution in [2.75, 3.05) is 6.54 Å². The second-order valence-electron chi connectivity index (χ2n) is 5.81. The van der Waals surface area contributed by atoms with Crippen molar-refractivity contribution in [2.24, 2.45) is 11.1 Å². The Morgan fingerprint density at radius 1 is 1.24 bits per heavy atom. The van der Waals surface area contributed by atoms with E-state index in [9.17, 15) is 4.79 Å². The highest BCUT2D eigenvalue weighted by Gasteiger charge is 2.32. The van der Waals surface area contributed by atoms with Crippen LogP contribution in [0, 0.1) is 5.41 Å². The number of rotatable bonds is 5. The molecule has 0 radical (unpaired) electrons. The maximum absolute atomic E-state index is 12.2. The number of hydrogen-bond donors (Lipinski definition) is 2. The van der Waals surface area contributed by atoms with Gasteiger partial charge in [0.1, 0.15) is 0 Å². The van der Waals surface area contributed by atoms with Crippen LogP contribution in [-0.4, -0.2) is 12.5 Å². The predicted octanol–water partition coefficient (Wildman–Crippen LogP) is 3.68. The van der Waals surface area contributed by atoms with Crippen LogP contribution in [0.15, 0.2) is 24.3 Å². The standard InChI is InChI=1S/C16H23ClN2O.ClH/c17-14-7-3-2-6-13(14)11-19-15(20)10-16(12-18)8-4-1-5-9-16;/h2-3,6-7H,1,4-5,8-12,18H2,(H,19,20);1H. The quantitative estimate of drug-likeness (QED) is 0.865. The van der Waals surface area contributed by atoms with Gasteiger partial charge in [-0.1, -0.05) is 49.1 Å². The summed E-state index contributed by atoms with van der Waals surface area (Å²) in [6.07, 6.45) is 6.33. The van der Waals surface area contributed by atoms with Crippen molar-refractivity contribution in [1.82, 2.24) is 5.32 Å². The van der Waals surface area contributed by atoms with E-state index < -0.39 is 0 Å². The summed E-state index contributed by atoms with van der Waals surface area (Å²) in [5.41, 5.74) is 6.89. The van der Waals surface area contributed by atoms with Crippen LogP contribution in [0.1, 0.15) is 44.1 Å². The summed E-state index contributed by atoms with van der Waals surface area (Å²) in [5.74, 6) is 0.0808. The molecule has 118 valence electrons. The fourth-order valence-corrected chi connectivity index (χ4v) is 3.20. The van der Waals surface area contributed by atoms with Crippen LogP contribution >= 0.6 is 24.0 Å². The topological polar surface area (TPSA) is 55.1 Å². The molecule has 1 aromatic rings. The van der Waals surface area contributed by atoms with Gasteiger partial charge in [-0.15, -0.1) is 12.4 Å². The van der Waals surface area contributed by atoms with Crippen molar-refractivity contribution in [3.8, 4) is 0 Å². The first-order valence-electron chi connectivity index (χ1n) is 7.35. The van der Waals surface area contributed by atoms with Gasteiger partial charge in [0, 0.05) is 18.0 Å². The van der Waals surface area contributed by atoms with E-state index in [0.717, 1.165) is 18.4 Å². The third kappa shape index (κ3) is 5.17. The Bertz CT molecular complexity index is 459. The maximum Gasteiger partial charge on any atom is 0.220 e. The third-order valence-corrected chi connectivity index (χ3v) is 4.69. The fraction of sp³-hybridized carbons (Fsp3) is 0.562. The van der Waals surface area contributed by atoms with Gasteiger partial charge in [-0.3, -0.25) is 4.79 Å². The van der Waals surface area contributed by atoms with Crippen molar-refractivity contribution < 1.29 is 4.79 Å². The zero-order chi connectivity index (χ0) is 14.4. The van der Waals surface area contributed by atoms with Gasteiger partial charge in [0.05, 0.1) is 0 Å². The number of halogens is 2. The first-order chi connectivity index (χ1) is 9.65. The zero-order valence-corrected chi connectivity index (χ0v) is 13.8. The largest absolute Gasteiger partial charge is 0.352 e. The monoisotopic (exact) mass is 330 g/mol. The van der Waals surface area contributed by atoms with E-state index in [1.54, 1.807) is 0 Å². The summed E-state index contributed by atoms with van der Waals surface area (Å²) in [6.45, 7) is 1.09. The van der Waals surface area contributed by atoms with Gasteiger partial charge in [-0.25, -0.2) is 0 Å². The first kappa shape index (κ1) is 18.3. The highest BCUT2D eigenvalue weighted by Crippen LogP contribution is 2.38. The fourth-order valence-electron chi connectivity index (χ4n) is 2.99. The van der Waals surface area contributed by atoms with E-state index in [1.807, 2.05) is 24.3 Å². The van der Waals surface area contributed by atoms with E-state index in [1.165, 1.54) is 19.3 Å². The molecule has 1 aliphatic rings. The van der Waals surface area contributed by atoms with Crippen LogP contribution < -0.4 is 11.1 Å². The highest BCUT2D eigenvalue weighted by atomic mass is 35.5. The van der Waals surface area contributed by atoms with Gasteiger partial charge in [0.2, 0.25) is 5.91 Å². The Balaban J connectivity index is 0.00000220. The van der Waals surface area contributed by atoms with Gasteiger partial charge in [-0.05, 0) is 36.4 Å². The second kappa shape index (κ2) is 8.62. The number of nitrogens with one attached hydrogen (secondary N) is 1. The molecule has 1 aliphatic carbocycles. The molecule has 0 aliphatic heterocycles. The van der Waals surface area contributed by atoms with Gasteiger partial charge in [0.25, 0.3) is 0 Å². The van der Waals surface area contributed by atoms with Gasteiger partial charge in [0.15, 0.2) is 0 Å². The van der Waals surface area contributed by atoms with E-state index in [-0.39, 0.29) is 23.7 Å². The average molecular weight is 331 g/mol. The predicted molar refractivity (Wildman–Crippen MR) is 89.7 cm³/mol.